The molecular weight excluding hydrogens is 355 g/mol. The van der Waals surface area contributed by atoms with Crippen LogP contribution in [0.4, 0.5) is 5.69 Å². The zero-order valence-electron chi connectivity index (χ0n) is 15.6. The Morgan fingerprint density at radius 3 is 2.12 bits per heavy atom. The zero-order valence-corrected chi connectivity index (χ0v) is 17.2. The molecular formula is C19H34Cl2N4. The summed E-state index contributed by atoms with van der Waals surface area (Å²) in [6.07, 6.45) is 2.74. The van der Waals surface area contributed by atoms with Gasteiger partial charge in [0.1, 0.15) is 0 Å². The Kier molecular flexibility index (Phi) is 9.54. The van der Waals surface area contributed by atoms with Gasteiger partial charge in [0.15, 0.2) is 0 Å². The SMILES string of the molecule is CC1CCC(C)N1CCN1CCN(Cc2cccc(N)c2)CC1.Cl.Cl. The lowest BCUT2D eigenvalue weighted by molar-refractivity contribution is 0.106. The monoisotopic (exact) mass is 388 g/mol. The molecule has 0 spiro atoms. The summed E-state index contributed by atoms with van der Waals surface area (Å²) in [5.41, 5.74) is 8.08. The van der Waals surface area contributed by atoms with Crippen molar-refractivity contribution in [1.82, 2.24) is 14.7 Å². The van der Waals surface area contributed by atoms with Gasteiger partial charge in [-0.1, -0.05) is 12.1 Å². The Morgan fingerprint density at radius 1 is 0.920 bits per heavy atom. The minimum absolute atomic E-state index is 0. The maximum absolute atomic E-state index is 5.88. The van der Waals surface area contributed by atoms with E-state index in [1.54, 1.807) is 0 Å². The smallest absolute Gasteiger partial charge is 0.0317 e. The van der Waals surface area contributed by atoms with Crippen LogP contribution in [0.2, 0.25) is 0 Å². The number of hydrogen-bond acceptors (Lipinski definition) is 4. The first kappa shape index (κ1) is 22.5. The van der Waals surface area contributed by atoms with Gasteiger partial charge < -0.3 is 5.73 Å². The molecule has 1 aromatic rings. The number of nitrogens with zero attached hydrogens (tertiary/aromatic N) is 3. The Labute approximate surface area is 165 Å². The first-order valence-corrected chi connectivity index (χ1v) is 9.16. The number of hydrogen-bond donors (Lipinski definition) is 1. The third kappa shape index (κ3) is 6.30. The lowest BCUT2D eigenvalue weighted by Crippen LogP contribution is -2.48. The third-order valence-electron chi connectivity index (χ3n) is 5.63. The van der Waals surface area contributed by atoms with Gasteiger partial charge in [-0.05, 0) is 44.4 Å². The van der Waals surface area contributed by atoms with Crippen molar-refractivity contribution in [2.45, 2.75) is 45.3 Å². The van der Waals surface area contributed by atoms with Gasteiger partial charge >= 0.3 is 0 Å². The van der Waals surface area contributed by atoms with Crippen LogP contribution in [0.3, 0.4) is 0 Å². The van der Waals surface area contributed by atoms with E-state index < -0.39 is 0 Å². The molecule has 144 valence electrons. The lowest BCUT2D eigenvalue weighted by Gasteiger charge is -2.36. The first-order chi connectivity index (χ1) is 11.1. The Balaban J connectivity index is 0.00000156. The van der Waals surface area contributed by atoms with E-state index in [0.29, 0.717) is 0 Å². The van der Waals surface area contributed by atoms with Crippen LogP contribution in [0.15, 0.2) is 24.3 Å². The van der Waals surface area contributed by atoms with Crippen molar-refractivity contribution in [3.63, 3.8) is 0 Å². The van der Waals surface area contributed by atoms with Crippen molar-refractivity contribution in [2.75, 3.05) is 45.0 Å². The van der Waals surface area contributed by atoms with Crippen molar-refractivity contribution in [1.29, 1.82) is 0 Å². The summed E-state index contributed by atoms with van der Waals surface area (Å²) in [7, 11) is 0. The van der Waals surface area contributed by atoms with Gasteiger partial charge in [0.05, 0.1) is 0 Å². The average Bonchev–Trinajstić information content (AvgIpc) is 2.85. The highest BCUT2D eigenvalue weighted by molar-refractivity contribution is 5.85. The summed E-state index contributed by atoms with van der Waals surface area (Å²) in [6, 6.07) is 9.84. The molecule has 6 heteroatoms. The maximum Gasteiger partial charge on any atom is 0.0317 e. The second kappa shape index (κ2) is 10.6. The van der Waals surface area contributed by atoms with E-state index in [2.05, 4.69) is 46.7 Å². The Morgan fingerprint density at radius 2 is 1.52 bits per heavy atom. The summed E-state index contributed by atoms with van der Waals surface area (Å²) < 4.78 is 0. The molecule has 2 heterocycles. The fraction of sp³-hybridized carbons (Fsp3) is 0.684. The molecule has 0 radical (unpaired) electrons. The molecule has 25 heavy (non-hydrogen) atoms. The normalized spacial score (nSPS) is 25.4. The predicted octanol–water partition coefficient (Wildman–Crippen LogP) is 3.10. The molecule has 0 aromatic heterocycles. The van der Waals surface area contributed by atoms with Crippen LogP contribution in [0.1, 0.15) is 32.3 Å². The fourth-order valence-electron chi connectivity index (χ4n) is 4.07. The van der Waals surface area contributed by atoms with Crippen molar-refractivity contribution in [3.8, 4) is 0 Å². The summed E-state index contributed by atoms with van der Waals surface area (Å²) in [5, 5.41) is 0. The van der Waals surface area contributed by atoms with Crippen LogP contribution in [-0.2, 0) is 6.54 Å². The van der Waals surface area contributed by atoms with Crippen LogP contribution in [0.25, 0.3) is 0 Å². The molecule has 2 unspecified atom stereocenters. The molecule has 2 fully saturated rings. The maximum atomic E-state index is 5.88. The van der Waals surface area contributed by atoms with Crippen molar-refractivity contribution in [3.05, 3.63) is 29.8 Å². The van der Waals surface area contributed by atoms with Crippen molar-refractivity contribution >= 4 is 30.5 Å². The van der Waals surface area contributed by atoms with Crippen molar-refractivity contribution < 1.29 is 0 Å². The second-order valence-corrected chi connectivity index (χ2v) is 7.38. The lowest BCUT2D eigenvalue weighted by atomic mass is 10.2. The summed E-state index contributed by atoms with van der Waals surface area (Å²) >= 11 is 0. The van der Waals surface area contributed by atoms with Gasteiger partial charge in [-0.25, -0.2) is 0 Å². The van der Waals surface area contributed by atoms with E-state index in [9.17, 15) is 0 Å². The minimum atomic E-state index is 0. The quantitative estimate of drug-likeness (QED) is 0.785. The topological polar surface area (TPSA) is 35.7 Å². The van der Waals surface area contributed by atoms with E-state index in [-0.39, 0.29) is 24.8 Å². The number of rotatable bonds is 5. The number of anilines is 1. The fourth-order valence-corrected chi connectivity index (χ4v) is 4.07. The van der Waals surface area contributed by atoms with Crippen molar-refractivity contribution in [2.24, 2.45) is 0 Å². The van der Waals surface area contributed by atoms with Gasteiger partial charge in [0.25, 0.3) is 0 Å². The number of likely N-dealkylation sites (tertiary alicyclic amines) is 1. The number of piperazine rings is 1. The Hall–Kier alpha value is -0.520. The first-order valence-electron chi connectivity index (χ1n) is 9.16. The van der Waals surface area contributed by atoms with Crippen LogP contribution >= 0.6 is 24.8 Å². The minimum Gasteiger partial charge on any atom is -0.399 e. The highest BCUT2D eigenvalue weighted by atomic mass is 35.5. The Bertz CT molecular complexity index is 496. The van der Waals surface area contributed by atoms with E-state index in [0.717, 1.165) is 24.3 Å². The van der Waals surface area contributed by atoms with Gasteiger partial charge in [0.2, 0.25) is 0 Å². The van der Waals surface area contributed by atoms with Gasteiger partial charge in [-0.15, -0.1) is 24.8 Å². The molecule has 3 rings (SSSR count). The standard InChI is InChI=1S/C19H32N4.2ClH/c1-16-6-7-17(2)23(16)13-12-21-8-10-22(11-9-21)15-18-4-3-5-19(20)14-18;;/h3-5,14,16-17H,6-13,15,20H2,1-2H3;2*1H. The van der Waals surface area contributed by atoms with E-state index in [1.807, 2.05) is 6.07 Å². The summed E-state index contributed by atoms with van der Waals surface area (Å²) in [4.78, 5) is 7.87. The average molecular weight is 389 g/mol. The van der Waals surface area contributed by atoms with Crippen LogP contribution in [-0.4, -0.2) is 66.1 Å². The largest absolute Gasteiger partial charge is 0.399 e. The van der Waals surface area contributed by atoms with Gasteiger partial charge in [0, 0.05) is 63.6 Å². The van der Waals surface area contributed by atoms with Gasteiger partial charge in [-0.2, -0.15) is 0 Å². The molecule has 4 nitrogen and oxygen atoms in total. The molecule has 2 saturated heterocycles. The molecule has 0 amide bonds. The van der Waals surface area contributed by atoms with E-state index >= 15 is 0 Å². The molecule has 2 aliphatic heterocycles. The molecule has 2 atom stereocenters. The highest BCUT2D eigenvalue weighted by Gasteiger charge is 2.27. The molecule has 0 bridgehead atoms. The third-order valence-corrected chi connectivity index (χ3v) is 5.63. The molecule has 0 aliphatic carbocycles. The molecule has 1 aromatic carbocycles. The number of benzene rings is 1. The number of nitrogen functional groups attached to an aromatic ring is 1. The second-order valence-electron chi connectivity index (χ2n) is 7.38. The number of halogens is 2. The highest BCUT2D eigenvalue weighted by Crippen LogP contribution is 2.23. The summed E-state index contributed by atoms with van der Waals surface area (Å²) in [6.45, 7) is 13.0. The van der Waals surface area contributed by atoms with Gasteiger partial charge in [-0.3, -0.25) is 14.7 Å². The summed E-state index contributed by atoms with van der Waals surface area (Å²) in [5.74, 6) is 0. The molecule has 2 aliphatic rings. The predicted molar refractivity (Wildman–Crippen MR) is 112 cm³/mol. The number of nitrogens with two attached hydrogens (primary N) is 1. The van der Waals surface area contributed by atoms with Crippen LogP contribution in [0.5, 0.6) is 0 Å². The van der Waals surface area contributed by atoms with Crippen LogP contribution < -0.4 is 5.73 Å². The van der Waals surface area contributed by atoms with E-state index in [4.69, 9.17) is 5.73 Å². The van der Waals surface area contributed by atoms with Crippen LogP contribution in [0, 0.1) is 0 Å². The molecule has 2 N–H and O–H groups in total. The molecule has 0 saturated carbocycles. The zero-order chi connectivity index (χ0) is 16.2. The van der Waals surface area contributed by atoms with E-state index in [1.165, 1.54) is 57.7 Å².